The number of carboxylic acids is 1. The van der Waals surface area contributed by atoms with Crippen molar-refractivity contribution in [3.8, 4) is 0 Å². The van der Waals surface area contributed by atoms with Gasteiger partial charge in [0, 0.05) is 13.2 Å². The van der Waals surface area contributed by atoms with Gasteiger partial charge in [0.2, 0.25) is 0 Å². The highest BCUT2D eigenvalue weighted by Gasteiger charge is 2.44. The molecule has 0 spiro atoms. The van der Waals surface area contributed by atoms with Gasteiger partial charge < -0.3 is 5.11 Å². The van der Waals surface area contributed by atoms with Crippen molar-refractivity contribution in [2.45, 2.75) is 52.9 Å². The van der Waals surface area contributed by atoms with Crippen LogP contribution < -0.4 is 0 Å². The molecule has 20 heavy (non-hydrogen) atoms. The Morgan fingerprint density at radius 3 is 2.45 bits per heavy atom. The van der Waals surface area contributed by atoms with E-state index >= 15 is 0 Å². The molecule has 0 unspecified atom stereocenters. The summed E-state index contributed by atoms with van der Waals surface area (Å²) in [6.45, 7) is 6.77. The molecule has 1 heterocycles. The Hall–Kier alpha value is -1.32. The van der Waals surface area contributed by atoms with Gasteiger partial charge in [-0.3, -0.25) is 9.48 Å². The topological polar surface area (TPSA) is 55.1 Å². The van der Waals surface area contributed by atoms with Gasteiger partial charge in [0.05, 0.1) is 11.6 Å². The van der Waals surface area contributed by atoms with Crippen molar-refractivity contribution in [1.29, 1.82) is 0 Å². The first-order valence-electron chi connectivity index (χ1n) is 7.44. The maximum Gasteiger partial charge on any atom is 0.309 e. The first-order chi connectivity index (χ1) is 9.23. The average molecular weight is 278 g/mol. The summed E-state index contributed by atoms with van der Waals surface area (Å²) in [5.74, 6) is -0.0161. The summed E-state index contributed by atoms with van der Waals surface area (Å²) in [6, 6.07) is 0. The van der Waals surface area contributed by atoms with Crippen molar-refractivity contribution in [3.63, 3.8) is 0 Å². The number of hydrogen-bond donors (Lipinski definition) is 1. The molecular weight excluding hydrogens is 252 g/mol. The zero-order valence-electron chi connectivity index (χ0n) is 13.0. The van der Waals surface area contributed by atoms with Crippen molar-refractivity contribution in [1.82, 2.24) is 9.78 Å². The molecule has 0 saturated heterocycles. The predicted octanol–water partition coefficient (Wildman–Crippen LogP) is 3.27. The van der Waals surface area contributed by atoms with Crippen molar-refractivity contribution < 1.29 is 9.90 Å². The van der Waals surface area contributed by atoms with Gasteiger partial charge in [0.1, 0.15) is 0 Å². The lowest BCUT2D eigenvalue weighted by atomic mass is 9.62. The van der Waals surface area contributed by atoms with Gasteiger partial charge in [-0.25, -0.2) is 0 Å². The van der Waals surface area contributed by atoms with Crippen molar-refractivity contribution in [2.75, 3.05) is 0 Å². The molecule has 112 valence electrons. The van der Waals surface area contributed by atoms with Crippen LogP contribution in [0.25, 0.3) is 0 Å². The molecule has 0 atom stereocenters. The number of carboxylic acid groups (broad SMARTS) is 1. The normalized spacial score (nSPS) is 27.5. The molecule has 1 aliphatic rings. The fourth-order valence-corrected chi connectivity index (χ4v) is 3.46. The summed E-state index contributed by atoms with van der Waals surface area (Å²) in [7, 11) is 1.87. The summed E-state index contributed by atoms with van der Waals surface area (Å²) in [5.41, 5.74) is 0.716. The summed E-state index contributed by atoms with van der Waals surface area (Å²) in [4.78, 5) is 11.8. The zero-order chi connectivity index (χ0) is 15.0. The largest absolute Gasteiger partial charge is 0.481 e. The summed E-state index contributed by atoms with van der Waals surface area (Å²) in [5, 5.41) is 13.9. The van der Waals surface area contributed by atoms with Crippen LogP contribution in [0.5, 0.6) is 0 Å². The van der Waals surface area contributed by atoms with E-state index in [9.17, 15) is 9.90 Å². The quantitative estimate of drug-likeness (QED) is 0.923. The van der Waals surface area contributed by atoms with E-state index in [1.54, 1.807) is 10.9 Å². The summed E-state index contributed by atoms with van der Waals surface area (Å²) < 4.78 is 1.74. The minimum Gasteiger partial charge on any atom is -0.481 e. The molecule has 0 amide bonds. The van der Waals surface area contributed by atoms with Gasteiger partial charge in [-0.2, -0.15) is 5.10 Å². The Bertz CT molecular complexity index is 477. The second-order valence-electron chi connectivity index (χ2n) is 7.42. The second-order valence-corrected chi connectivity index (χ2v) is 7.42. The molecule has 0 radical (unpaired) electrons. The van der Waals surface area contributed by atoms with E-state index < -0.39 is 11.4 Å². The SMILES string of the molecule is Cn1cc(CC2(C(=O)O)CCC(C(C)(C)C)CC2)cn1. The molecule has 4 nitrogen and oxygen atoms in total. The van der Waals surface area contributed by atoms with Gasteiger partial charge >= 0.3 is 5.97 Å². The molecule has 1 fully saturated rings. The third-order valence-electron chi connectivity index (χ3n) is 4.92. The molecule has 1 saturated carbocycles. The van der Waals surface area contributed by atoms with E-state index in [0.29, 0.717) is 12.3 Å². The van der Waals surface area contributed by atoms with E-state index in [1.165, 1.54) is 0 Å². The minimum absolute atomic E-state index is 0.277. The molecule has 0 aliphatic heterocycles. The van der Waals surface area contributed by atoms with Crippen molar-refractivity contribution in [2.24, 2.45) is 23.8 Å². The molecule has 1 aromatic rings. The van der Waals surface area contributed by atoms with Crippen LogP contribution in [0.15, 0.2) is 12.4 Å². The Balaban J connectivity index is 2.11. The van der Waals surface area contributed by atoms with E-state index in [0.717, 1.165) is 31.2 Å². The van der Waals surface area contributed by atoms with Crippen LogP contribution in [-0.2, 0) is 18.3 Å². The lowest BCUT2D eigenvalue weighted by Crippen LogP contribution is -2.39. The Morgan fingerprint density at radius 1 is 1.45 bits per heavy atom. The van der Waals surface area contributed by atoms with E-state index in [-0.39, 0.29) is 5.41 Å². The Labute approximate surface area is 121 Å². The molecule has 0 bridgehead atoms. The Morgan fingerprint density at radius 2 is 2.05 bits per heavy atom. The van der Waals surface area contributed by atoms with Gasteiger partial charge in [-0.05, 0) is 49.0 Å². The lowest BCUT2D eigenvalue weighted by Gasteiger charge is -2.41. The van der Waals surface area contributed by atoms with Gasteiger partial charge in [0.25, 0.3) is 0 Å². The van der Waals surface area contributed by atoms with E-state index in [4.69, 9.17) is 0 Å². The summed E-state index contributed by atoms with van der Waals surface area (Å²) >= 11 is 0. The van der Waals surface area contributed by atoms with Crippen LogP contribution >= 0.6 is 0 Å². The highest BCUT2D eigenvalue weighted by Crippen LogP contribution is 2.47. The first-order valence-corrected chi connectivity index (χ1v) is 7.44. The molecule has 1 aromatic heterocycles. The lowest BCUT2D eigenvalue weighted by molar-refractivity contribution is -0.152. The van der Waals surface area contributed by atoms with Crippen LogP contribution in [0.3, 0.4) is 0 Å². The number of hydrogen-bond acceptors (Lipinski definition) is 2. The van der Waals surface area contributed by atoms with Crippen LogP contribution in [-0.4, -0.2) is 20.9 Å². The van der Waals surface area contributed by atoms with Crippen molar-refractivity contribution >= 4 is 5.97 Å². The molecule has 1 aliphatic carbocycles. The maximum absolute atomic E-state index is 11.8. The highest BCUT2D eigenvalue weighted by molar-refractivity contribution is 5.75. The smallest absolute Gasteiger partial charge is 0.309 e. The highest BCUT2D eigenvalue weighted by atomic mass is 16.4. The fraction of sp³-hybridized carbons (Fsp3) is 0.750. The van der Waals surface area contributed by atoms with Crippen LogP contribution in [0.4, 0.5) is 0 Å². The maximum atomic E-state index is 11.8. The standard InChI is InChI=1S/C16H26N2O2/c1-15(2,3)13-5-7-16(8-6-13,14(19)20)9-12-10-17-18(4)11-12/h10-11,13H,5-9H2,1-4H3,(H,19,20). The third-order valence-corrected chi connectivity index (χ3v) is 4.92. The van der Waals surface area contributed by atoms with Crippen LogP contribution in [0.1, 0.15) is 52.0 Å². The van der Waals surface area contributed by atoms with Gasteiger partial charge in [-0.15, -0.1) is 0 Å². The summed E-state index contributed by atoms with van der Waals surface area (Å²) in [6.07, 6.45) is 7.90. The second kappa shape index (κ2) is 5.23. The zero-order valence-corrected chi connectivity index (χ0v) is 13.0. The average Bonchev–Trinajstić information content (AvgIpc) is 2.74. The Kier molecular flexibility index (Phi) is 3.94. The molecule has 0 aromatic carbocycles. The molecule has 2 rings (SSSR count). The molecule has 4 heteroatoms. The minimum atomic E-state index is -0.645. The van der Waals surface area contributed by atoms with Gasteiger partial charge in [0.15, 0.2) is 0 Å². The van der Waals surface area contributed by atoms with Crippen molar-refractivity contribution in [3.05, 3.63) is 18.0 Å². The number of aliphatic carboxylic acids is 1. The fourth-order valence-electron chi connectivity index (χ4n) is 3.46. The van der Waals surface area contributed by atoms with Crippen LogP contribution in [0, 0.1) is 16.7 Å². The third kappa shape index (κ3) is 3.05. The van der Waals surface area contributed by atoms with E-state index in [2.05, 4.69) is 25.9 Å². The number of rotatable bonds is 3. The first kappa shape index (κ1) is 15.1. The van der Waals surface area contributed by atoms with E-state index in [1.807, 2.05) is 13.2 Å². The predicted molar refractivity (Wildman–Crippen MR) is 78.4 cm³/mol. The number of aromatic nitrogens is 2. The molecule has 1 N–H and O–H groups in total. The monoisotopic (exact) mass is 278 g/mol. The number of carbonyl (C=O) groups is 1. The van der Waals surface area contributed by atoms with Gasteiger partial charge in [-0.1, -0.05) is 20.8 Å². The van der Waals surface area contributed by atoms with Crippen LogP contribution in [0.2, 0.25) is 0 Å². The molecular formula is C16H26N2O2. The number of aryl methyl sites for hydroxylation is 1. The number of nitrogens with zero attached hydrogens (tertiary/aromatic N) is 2.